The summed E-state index contributed by atoms with van der Waals surface area (Å²) in [4.78, 5) is 30.2. The average Bonchev–Trinajstić information content (AvgIpc) is 2.36. The monoisotopic (exact) mass is 288 g/mol. The lowest BCUT2D eigenvalue weighted by Gasteiger charge is -2.26. The number of rotatable bonds is 5. The van der Waals surface area contributed by atoms with Gasteiger partial charge in [-0.3, -0.25) is 4.79 Å². The fourth-order valence-corrected chi connectivity index (χ4v) is 2.07. The quantitative estimate of drug-likeness (QED) is 0.765. The Labute approximate surface area is 121 Å². The molecular weight excluding hydrogens is 272 g/mol. The van der Waals surface area contributed by atoms with E-state index in [9.17, 15) is 9.59 Å². The first kappa shape index (κ1) is 14.7. The number of fused-ring (bicyclic) bond motifs is 1. The lowest BCUT2D eigenvalue weighted by Crippen LogP contribution is -2.36. The molecule has 0 saturated heterocycles. The van der Waals surface area contributed by atoms with Gasteiger partial charge in [0.05, 0.1) is 5.52 Å². The van der Waals surface area contributed by atoms with E-state index >= 15 is 0 Å². The van der Waals surface area contributed by atoms with Crippen LogP contribution in [0.4, 0.5) is 5.82 Å². The molecule has 1 amide bonds. The van der Waals surface area contributed by atoms with E-state index in [0.29, 0.717) is 16.7 Å². The third-order valence-corrected chi connectivity index (χ3v) is 2.87. The summed E-state index contributed by atoms with van der Waals surface area (Å²) in [6.07, 6.45) is 0.0910. The van der Waals surface area contributed by atoms with Gasteiger partial charge in [-0.2, -0.15) is 0 Å². The Hall–Kier alpha value is -2.70. The third-order valence-electron chi connectivity index (χ3n) is 2.87. The van der Waals surface area contributed by atoms with E-state index in [0.717, 1.165) is 0 Å². The molecule has 1 aromatic carbocycles. The first-order valence-corrected chi connectivity index (χ1v) is 6.35. The van der Waals surface area contributed by atoms with Gasteiger partial charge in [-0.15, -0.1) is 0 Å². The second-order valence-corrected chi connectivity index (χ2v) is 5.37. The molecule has 0 aliphatic rings. The number of aromatic carboxylic acids is 1. The molecule has 4 N–H and O–H groups in total. The maximum absolute atomic E-state index is 11.1. The number of primary amides is 1. The maximum Gasteiger partial charge on any atom is 0.374 e. The van der Waals surface area contributed by atoms with Crippen LogP contribution in [0.1, 0.15) is 30.9 Å². The van der Waals surface area contributed by atoms with Gasteiger partial charge in [0.1, 0.15) is 5.82 Å². The van der Waals surface area contributed by atoms with Gasteiger partial charge < -0.3 is 16.2 Å². The predicted molar refractivity (Wildman–Crippen MR) is 78.0 cm³/mol. The Bertz CT molecular complexity index is 712. The summed E-state index contributed by atoms with van der Waals surface area (Å²) in [5.74, 6) is -1.60. The number of carbonyl (C=O) groups is 2. The van der Waals surface area contributed by atoms with E-state index < -0.39 is 17.4 Å². The van der Waals surface area contributed by atoms with E-state index in [-0.39, 0.29) is 12.2 Å². The number of hydrogen-bond donors (Lipinski definition) is 3. The lowest BCUT2D eigenvalue weighted by atomic mass is 10.00. The molecule has 2 rings (SSSR count). The lowest BCUT2D eigenvalue weighted by molar-refractivity contribution is -0.118. The molecule has 1 heterocycles. The fraction of sp³-hybridized carbons (Fsp3) is 0.286. The van der Waals surface area contributed by atoms with E-state index in [2.05, 4.69) is 15.3 Å². The molecule has 0 atom stereocenters. The number of nitrogens with one attached hydrogen (secondary N) is 1. The third kappa shape index (κ3) is 3.44. The number of amides is 1. The smallest absolute Gasteiger partial charge is 0.374 e. The highest BCUT2D eigenvalue weighted by molar-refractivity contribution is 5.93. The van der Waals surface area contributed by atoms with Gasteiger partial charge in [-0.1, -0.05) is 12.1 Å². The summed E-state index contributed by atoms with van der Waals surface area (Å²) in [5.41, 5.74) is 5.08. The van der Waals surface area contributed by atoms with Crippen molar-refractivity contribution in [2.75, 3.05) is 5.32 Å². The van der Waals surface area contributed by atoms with Gasteiger partial charge in [0.15, 0.2) is 0 Å². The minimum absolute atomic E-state index is 0.0910. The Morgan fingerprint density at radius 1 is 1.29 bits per heavy atom. The van der Waals surface area contributed by atoms with Crippen LogP contribution in [0.5, 0.6) is 0 Å². The van der Waals surface area contributed by atoms with Crippen LogP contribution in [0.15, 0.2) is 24.3 Å². The summed E-state index contributed by atoms with van der Waals surface area (Å²) >= 11 is 0. The van der Waals surface area contributed by atoms with Crippen LogP contribution in [0.25, 0.3) is 10.9 Å². The van der Waals surface area contributed by atoms with Gasteiger partial charge in [-0.25, -0.2) is 14.8 Å². The zero-order valence-electron chi connectivity index (χ0n) is 11.8. The number of anilines is 1. The number of para-hydroxylation sites is 1. The highest BCUT2D eigenvalue weighted by Crippen LogP contribution is 2.24. The molecule has 0 spiro atoms. The van der Waals surface area contributed by atoms with E-state index in [1.807, 2.05) is 0 Å². The summed E-state index contributed by atoms with van der Waals surface area (Å²) in [6.45, 7) is 3.57. The maximum atomic E-state index is 11.1. The molecule has 21 heavy (non-hydrogen) atoms. The fourth-order valence-electron chi connectivity index (χ4n) is 2.07. The van der Waals surface area contributed by atoms with Gasteiger partial charge in [0.25, 0.3) is 0 Å². The largest absolute Gasteiger partial charge is 0.475 e. The Kier molecular flexibility index (Phi) is 3.75. The first-order chi connectivity index (χ1) is 9.78. The Balaban J connectivity index is 2.51. The molecule has 7 heteroatoms. The molecule has 0 radical (unpaired) electrons. The Morgan fingerprint density at radius 2 is 1.95 bits per heavy atom. The van der Waals surface area contributed by atoms with Gasteiger partial charge in [0.2, 0.25) is 11.7 Å². The molecular formula is C14H16N4O3. The van der Waals surface area contributed by atoms with Crippen LogP contribution in [-0.4, -0.2) is 32.5 Å². The topological polar surface area (TPSA) is 118 Å². The van der Waals surface area contributed by atoms with Gasteiger partial charge >= 0.3 is 5.97 Å². The van der Waals surface area contributed by atoms with Crippen molar-refractivity contribution >= 4 is 28.6 Å². The normalized spacial score (nSPS) is 11.3. The van der Waals surface area contributed by atoms with Crippen molar-refractivity contribution in [2.24, 2.45) is 5.73 Å². The van der Waals surface area contributed by atoms with Crippen molar-refractivity contribution in [2.45, 2.75) is 25.8 Å². The summed E-state index contributed by atoms with van der Waals surface area (Å²) in [6, 6.07) is 7.05. The summed E-state index contributed by atoms with van der Waals surface area (Å²) < 4.78 is 0. The van der Waals surface area contributed by atoms with Crippen molar-refractivity contribution in [3.05, 3.63) is 30.1 Å². The van der Waals surface area contributed by atoms with Crippen molar-refractivity contribution in [1.82, 2.24) is 9.97 Å². The number of nitrogens with zero attached hydrogens (tertiary/aromatic N) is 2. The van der Waals surface area contributed by atoms with Gasteiger partial charge in [0, 0.05) is 17.3 Å². The van der Waals surface area contributed by atoms with Crippen LogP contribution in [0.2, 0.25) is 0 Å². The molecule has 0 unspecified atom stereocenters. The van der Waals surface area contributed by atoms with Crippen molar-refractivity contribution in [3.8, 4) is 0 Å². The number of carbonyl (C=O) groups excluding carboxylic acids is 1. The predicted octanol–water partition coefficient (Wildman–Crippen LogP) is 1.39. The molecule has 0 saturated carbocycles. The SMILES string of the molecule is CC(C)(CC(N)=O)Nc1nc(C(=O)O)nc2ccccc12. The number of benzene rings is 1. The molecule has 0 bridgehead atoms. The number of nitrogens with two attached hydrogens (primary N) is 1. The molecule has 0 fully saturated rings. The molecule has 110 valence electrons. The molecule has 0 aliphatic heterocycles. The van der Waals surface area contributed by atoms with Crippen LogP contribution in [0, 0.1) is 0 Å². The minimum atomic E-state index is -1.21. The van der Waals surface area contributed by atoms with Gasteiger partial charge in [-0.05, 0) is 26.0 Å². The Morgan fingerprint density at radius 3 is 2.57 bits per heavy atom. The standard InChI is InChI=1S/C14H16N4O3/c1-14(2,7-10(15)19)18-11-8-5-3-4-6-9(8)16-12(17-11)13(20)21/h3-6H,7H2,1-2H3,(H2,15,19)(H,20,21)(H,16,17,18). The molecule has 0 aliphatic carbocycles. The van der Waals surface area contributed by atoms with E-state index in [1.54, 1.807) is 38.1 Å². The van der Waals surface area contributed by atoms with E-state index in [1.165, 1.54) is 0 Å². The first-order valence-electron chi connectivity index (χ1n) is 6.35. The molecule has 1 aromatic heterocycles. The van der Waals surface area contributed by atoms with Crippen LogP contribution < -0.4 is 11.1 Å². The van der Waals surface area contributed by atoms with Crippen LogP contribution in [0.3, 0.4) is 0 Å². The zero-order valence-corrected chi connectivity index (χ0v) is 11.8. The number of aromatic nitrogens is 2. The number of hydrogen-bond acceptors (Lipinski definition) is 5. The highest BCUT2D eigenvalue weighted by atomic mass is 16.4. The summed E-state index contributed by atoms with van der Waals surface area (Å²) in [5, 5.41) is 12.8. The van der Waals surface area contributed by atoms with E-state index in [4.69, 9.17) is 10.8 Å². The number of carboxylic acids is 1. The second-order valence-electron chi connectivity index (χ2n) is 5.37. The molecule has 7 nitrogen and oxygen atoms in total. The summed E-state index contributed by atoms with van der Waals surface area (Å²) in [7, 11) is 0. The minimum Gasteiger partial charge on any atom is -0.475 e. The number of carboxylic acid groups (broad SMARTS) is 1. The van der Waals surface area contributed by atoms with Crippen molar-refractivity contribution in [3.63, 3.8) is 0 Å². The zero-order chi connectivity index (χ0) is 15.6. The van der Waals surface area contributed by atoms with Crippen molar-refractivity contribution < 1.29 is 14.7 Å². The van der Waals surface area contributed by atoms with Crippen LogP contribution >= 0.6 is 0 Å². The highest BCUT2D eigenvalue weighted by Gasteiger charge is 2.23. The molecule has 2 aromatic rings. The second kappa shape index (κ2) is 5.35. The average molecular weight is 288 g/mol. The van der Waals surface area contributed by atoms with Crippen LogP contribution in [-0.2, 0) is 4.79 Å². The van der Waals surface area contributed by atoms with Crippen molar-refractivity contribution in [1.29, 1.82) is 0 Å².